The topological polar surface area (TPSA) is 290 Å². The van der Waals surface area contributed by atoms with Crippen molar-refractivity contribution in [1.82, 2.24) is 19.5 Å². The molecule has 0 aliphatic carbocycles. The summed E-state index contributed by atoms with van der Waals surface area (Å²) in [4.78, 5) is 36.1. The molecule has 0 atom stereocenters. The molecule has 0 fully saturated rings. The summed E-state index contributed by atoms with van der Waals surface area (Å²) in [6.07, 6.45) is 6.95. The van der Waals surface area contributed by atoms with Crippen molar-refractivity contribution < 1.29 is 53.7 Å². The van der Waals surface area contributed by atoms with Gasteiger partial charge in [0.2, 0.25) is 0 Å². The molecule has 0 saturated carbocycles. The van der Waals surface area contributed by atoms with Crippen LogP contribution < -0.4 is 0 Å². The van der Waals surface area contributed by atoms with Crippen LogP contribution in [0.3, 0.4) is 0 Å². The van der Waals surface area contributed by atoms with E-state index >= 15 is 0 Å². The number of nitro groups is 1. The Labute approximate surface area is 415 Å². The highest BCUT2D eigenvalue weighted by molar-refractivity contribution is 7.86. The molecule has 0 unspecified atom stereocenters. The van der Waals surface area contributed by atoms with Crippen LogP contribution in [0.2, 0.25) is 0 Å². The molecule has 3 aromatic heterocycles. The van der Waals surface area contributed by atoms with Crippen molar-refractivity contribution in [3.63, 3.8) is 0 Å². The number of aromatic nitrogens is 4. The van der Waals surface area contributed by atoms with Crippen molar-refractivity contribution in [1.29, 1.82) is 0 Å². The molecule has 0 saturated heterocycles. The summed E-state index contributed by atoms with van der Waals surface area (Å²) in [6.45, 7) is 0.0543. The minimum atomic E-state index is -4.63. The van der Waals surface area contributed by atoms with Gasteiger partial charge in [-0.15, -0.1) is 0 Å². The predicted molar refractivity (Wildman–Crippen MR) is 273 cm³/mol. The fraction of sp³-hybridized carbons (Fsp3) is 0.0192. The number of aromatic carboxylic acids is 1. The van der Waals surface area contributed by atoms with Gasteiger partial charge in [0.25, 0.3) is 36.0 Å². The van der Waals surface area contributed by atoms with Crippen LogP contribution in [0.15, 0.2) is 160 Å². The number of nitrogens with one attached hydrogen (secondary N) is 1. The van der Waals surface area contributed by atoms with Crippen molar-refractivity contribution in [2.75, 3.05) is 0 Å². The van der Waals surface area contributed by atoms with E-state index in [2.05, 4.69) is 4.98 Å². The summed E-state index contributed by atoms with van der Waals surface area (Å²) in [5, 5.41) is 21.7. The fourth-order valence-electron chi connectivity index (χ4n) is 8.85. The lowest BCUT2D eigenvalue weighted by atomic mass is 10.0. The molecule has 2 aliphatic heterocycles. The van der Waals surface area contributed by atoms with E-state index in [9.17, 15) is 58.9 Å². The maximum atomic E-state index is 12.3. The highest BCUT2D eigenvalue weighted by Crippen LogP contribution is 2.40. The average Bonchev–Trinajstić information content (AvgIpc) is 4.20. The van der Waals surface area contributed by atoms with Gasteiger partial charge in [-0.1, -0.05) is 60.7 Å². The van der Waals surface area contributed by atoms with Gasteiger partial charge in [-0.2, -0.15) is 25.3 Å². The molecule has 364 valence electrons. The minimum Gasteiger partial charge on any atom is -0.478 e. The Bertz CT molecular complexity index is 4210. The van der Waals surface area contributed by atoms with Crippen LogP contribution in [0.4, 0.5) is 5.69 Å². The Morgan fingerprint density at radius 1 is 0.493 bits per heavy atom. The van der Waals surface area contributed by atoms with E-state index in [-0.39, 0.29) is 32.5 Å². The van der Waals surface area contributed by atoms with Gasteiger partial charge in [-0.3, -0.25) is 23.8 Å². The zero-order valence-electron chi connectivity index (χ0n) is 37.3. The third-order valence-electron chi connectivity index (χ3n) is 12.3. The Morgan fingerprint density at radius 2 is 0.836 bits per heavy atom. The summed E-state index contributed by atoms with van der Waals surface area (Å²) in [7, 11) is -13.8. The first-order valence-electron chi connectivity index (χ1n) is 21.7. The molecule has 5 heterocycles. The van der Waals surface area contributed by atoms with Gasteiger partial charge in [-0.25, -0.2) is 14.8 Å². The zero-order valence-corrected chi connectivity index (χ0v) is 39.8. The lowest BCUT2D eigenvalue weighted by Crippen LogP contribution is -2.03. The van der Waals surface area contributed by atoms with E-state index in [0.717, 1.165) is 0 Å². The van der Waals surface area contributed by atoms with Gasteiger partial charge in [0.05, 0.1) is 59.0 Å². The van der Waals surface area contributed by atoms with Crippen LogP contribution in [0.5, 0.6) is 0 Å². The molecule has 10 rings (SSSR count). The first-order valence-corrected chi connectivity index (χ1v) is 26.0. The Kier molecular flexibility index (Phi) is 11.9. The Morgan fingerprint density at radius 3 is 1.18 bits per heavy atom. The molecule has 21 heteroatoms. The number of fused-ring (bicyclic) bond motifs is 8. The number of carboxylic acid groups (broad SMARTS) is 1. The van der Waals surface area contributed by atoms with Crippen molar-refractivity contribution >= 4 is 88.4 Å². The molecule has 18 nitrogen and oxygen atoms in total. The van der Waals surface area contributed by atoms with Gasteiger partial charge >= 0.3 is 5.97 Å². The first-order chi connectivity index (χ1) is 34.7. The monoisotopic (exact) mass is 1030 g/mol. The average molecular weight is 1030 g/mol. The van der Waals surface area contributed by atoms with Crippen molar-refractivity contribution in [2.24, 2.45) is 0 Å². The lowest BCUT2D eigenvalue weighted by molar-refractivity contribution is -0.384. The molecule has 8 aromatic rings. The quantitative estimate of drug-likeness (QED) is 0.0457. The highest BCUT2D eigenvalue weighted by Gasteiger charge is 2.23. The van der Waals surface area contributed by atoms with Crippen LogP contribution in [0.25, 0.3) is 90.9 Å². The number of carboxylic acids is 1. The van der Waals surface area contributed by atoms with Crippen LogP contribution in [0.1, 0.15) is 38.7 Å². The summed E-state index contributed by atoms with van der Waals surface area (Å²) in [5.74, 6) is -1.16. The molecule has 5 N–H and O–H groups in total. The number of rotatable bonds is 11. The number of H-pyrrole nitrogens is 1. The summed E-state index contributed by atoms with van der Waals surface area (Å²) in [6, 6.07) is 35.7. The van der Waals surface area contributed by atoms with Gasteiger partial charge in [-0.05, 0) is 125 Å². The Balaban J connectivity index is 1.41. The number of carbonyl (C=O) groups is 1. The van der Waals surface area contributed by atoms with Gasteiger partial charge in [0.1, 0.15) is 0 Å². The molecule has 73 heavy (non-hydrogen) atoms. The first kappa shape index (κ1) is 48.0. The smallest absolute Gasteiger partial charge is 0.335 e. The third-order valence-corrected chi connectivity index (χ3v) is 14.9. The van der Waals surface area contributed by atoms with E-state index < -0.39 is 41.2 Å². The van der Waals surface area contributed by atoms with Crippen molar-refractivity contribution in [2.45, 2.75) is 21.2 Å². The number of nitrogens with zero attached hydrogens (tertiary/aromatic N) is 4. The number of hydrogen-bond donors (Lipinski definition) is 5. The van der Waals surface area contributed by atoms with E-state index in [1.807, 2.05) is 10.6 Å². The molecule has 5 aromatic carbocycles. The summed E-state index contributed by atoms with van der Waals surface area (Å²) in [5.41, 5.74) is 7.62. The van der Waals surface area contributed by atoms with Crippen molar-refractivity contribution in [3.8, 4) is 44.5 Å². The number of aromatic amines is 1. The summed E-state index contributed by atoms with van der Waals surface area (Å²) >= 11 is 0. The molecule has 0 spiro atoms. The number of benzene rings is 5. The second-order valence-corrected chi connectivity index (χ2v) is 21.0. The molecule has 0 amide bonds. The van der Waals surface area contributed by atoms with Gasteiger partial charge < -0.3 is 14.7 Å². The SMILES string of the molecule is O=C(O)c1ccc(-c2c3nc(c(-c4ccc(S(=O)(=O)O)cc4)c4ccc([nH]4)c(-c4ccc(S(=O)(=O)O)cc4)c4nc(c(-c5ccc(S(=O)(=O)O)cc5)c5ccc2n5Cc2ccc([N+](=O)[O-])cc2)C=C4)C=C3)cc1. The van der Waals surface area contributed by atoms with Crippen LogP contribution >= 0.6 is 0 Å². The lowest BCUT2D eigenvalue weighted by Gasteiger charge is -2.14. The van der Waals surface area contributed by atoms with Crippen LogP contribution in [-0.2, 0) is 36.9 Å². The second-order valence-electron chi connectivity index (χ2n) is 16.7. The molecule has 2 aliphatic rings. The van der Waals surface area contributed by atoms with Crippen LogP contribution in [0, 0.1) is 10.1 Å². The largest absolute Gasteiger partial charge is 0.478 e. The van der Waals surface area contributed by atoms with Gasteiger partial charge in [0, 0.05) is 52.0 Å². The van der Waals surface area contributed by atoms with E-state index in [1.165, 1.54) is 97.1 Å². The highest BCUT2D eigenvalue weighted by atomic mass is 32.2. The molecule has 8 bridgehead atoms. The van der Waals surface area contributed by atoms with E-state index in [1.54, 1.807) is 66.8 Å². The fourth-order valence-corrected chi connectivity index (χ4v) is 10.3. The maximum absolute atomic E-state index is 12.3. The van der Waals surface area contributed by atoms with Gasteiger partial charge in [0.15, 0.2) is 0 Å². The predicted octanol–water partition coefficient (Wildman–Crippen LogP) is 10.2. The minimum absolute atomic E-state index is 0.00904. The number of non-ortho nitro benzene ring substituents is 1. The normalized spacial score (nSPS) is 12.5. The standard InChI is InChI=1S/C52H35N5O13S3/c58-52(59)35-5-3-33(4-6-35)50-44-25-23-42(54-44)48(31-7-15-37(16-8-31)71(62,63)64)40-21-22-41(53-40)49(32-9-17-38(18-10-32)72(65,66)67)43-24-26-45(55-43)51(34-11-19-39(20-12-34)73(68,69)70)47-28-27-46(50)56(47)29-30-1-13-36(14-2-30)57(60)61/h1-28,53H,29H2,(H,58,59)(H,62,63,64)(H,65,66,67)(H,68,69,70). The number of nitro benzene ring substituents is 1. The second kappa shape index (κ2) is 18.2. The summed E-state index contributed by atoms with van der Waals surface area (Å²) < 4.78 is 105. The zero-order chi connectivity index (χ0) is 51.6. The molecule has 0 radical (unpaired) electrons. The van der Waals surface area contributed by atoms with E-state index in [4.69, 9.17) is 9.97 Å². The molecular weight excluding hydrogens is 999 g/mol. The van der Waals surface area contributed by atoms with Crippen LogP contribution in [-0.4, -0.2) is 74.4 Å². The Hall–Kier alpha value is -8.70. The maximum Gasteiger partial charge on any atom is 0.335 e. The molecular formula is C52H35N5O13S3. The third kappa shape index (κ3) is 9.37. The van der Waals surface area contributed by atoms with Crippen molar-refractivity contribution in [3.05, 3.63) is 190 Å². The number of hydrogen-bond acceptors (Lipinski definition) is 11. The van der Waals surface area contributed by atoms with E-state index in [0.29, 0.717) is 94.9 Å².